The molecule has 1 amide bonds. The van der Waals surface area contributed by atoms with E-state index in [1.165, 1.54) is 12.1 Å². The van der Waals surface area contributed by atoms with E-state index >= 15 is 0 Å². The van der Waals surface area contributed by atoms with E-state index in [2.05, 4.69) is 55.2 Å². The maximum atomic E-state index is 13.9. The van der Waals surface area contributed by atoms with Crippen molar-refractivity contribution in [3.8, 4) is 0 Å². The standard InChI is InChI=1S/C36H42F2N8O2/c1-36(2,3)48-35(47)45-11-9-27(10-12-45)46-32-22-28(44-15-13-43(4)14-16-44)6-7-29(32)34(42-46)39-33-30-20-23(5-8-31(30)40-41-33)17-24-18-25(37)21-26(38)19-24/h5-8,18-22,27H,9-17H2,1-4H3,(H2,39,40,41,42). The number of anilines is 3. The minimum Gasteiger partial charge on any atom is -0.444 e. The Morgan fingerprint density at radius 2 is 1.62 bits per heavy atom. The minimum atomic E-state index is -0.592. The number of likely N-dealkylation sites (tertiary alicyclic amines) is 1. The van der Waals surface area contributed by atoms with Crippen LogP contribution in [0.15, 0.2) is 54.6 Å². The van der Waals surface area contributed by atoms with Gasteiger partial charge in [0, 0.05) is 61.8 Å². The molecule has 0 atom stereocenters. The molecular formula is C36H42F2N8O2. The molecule has 0 bridgehead atoms. The van der Waals surface area contributed by atoms with Crippen LogP contribution < -0.4 is 10.2 Å². The number of likely N-dealkylation sites (N-methyl/N-ethyl adjacent to an activating group) is 1. The molecule has 4 heterocycles. The maximum absolute atomic E-state index is 13.9. The first-order valence-corrected chi connectivity index (χ1v) is 16.6. The van der Waals surface area contributed by atoms with Crippen molar-refractivity contribution in [2.75, 3.05) is 56.5 Å². The van der Waals surface area contributed by atoms with E-state index in [0.717, 1.165) is 78.1 Å². The fraction of sp³-hybridized carbons (Fsp3) is 0.417. The summed E-state index contributed by atoms with van der Waals surface area (Å²) in [6.07, 6.45) is 1.61. The van der Waals surface area contributed by atoms with Gasteiger partial charge in [-0.05, 0) is 101 Å². The van der Waals surface area contributed by atoms with Crippen molar-refractivity contribution in [1.29, 1.82) is 0 Å². The highest BCUT2D eigenvalue weighted by Gasteiger charge is 2.30. The topological polar surface area (TPSA) is 94.5 Å². The van der Waals surface area contributed by atoms with Crippen LogP contribution in [0.25, 0.3) is 21.8 Å². The number of benzene rings is 3. The normalized spacial score (nSPS) is 16.6. The molecule has 7 rings (SSSR count). The van der Waals surface area contributed by atoms with Gasteiger partial charge in [0.1, 0.15) is 17.2 Å². The van der Waals surface area contributed by atoms with Crippen molar-refractivity contribution >= 4 is 45.2 Å². The number of nitrogens with one attached hydrogen (secondary N) is 2. The second kappa shape index (κ2) is 12.7. The monoisotopic (exact) mass is 656 g/mol. The molecule has 2 aliphatic rings. The molecular weight excluding hydrogens is 614 g/mol. The summed E-state index contributed by atoms with van der Waals surface area (Å²) in [6.45, 7) is 10.8. The number of carbonyl (C=O) groups excluding carboxylic acids is 1. The van der Waals surface area contributed by atoms with Gasteiger partial charge in [0.2, 0.25) is 0 Å². The zero-order valence-corrected chi connectivity index (χ0v) is 27.9. The average Bonchev–Trinajstić information content (AvgIpc) is 3.61. The van der Waals surface area contributed by atoms with Crippen LogP contribution in [-0.2, 0) is 11.2 Å². The van der Waals surface area contributed by atoms with Crippen molar-refractivity contribution in [2.24, 2.45) is 0 Å². The number of nitrogens with zero attached hydrogens (tertiary/aromatic N) is 6. The fourth-order valence-corrected chi connectivity index (χ4v) is 6.70. The number of fused-ring (bicyclic) bond motifs is 2. The summed E-state index contributed by atoms with van der Waals surface area (Å²) >= 11 is 0. The summed E-state index contributed by atoms with van der Waals surface area (Å²) in [5.74, 6) is 0.123. The summed E-state index contributed by atoms with van der Waals surface area (Å²) in [5.41, 5.74) is 3.95. The number of aromatic nitrogens is 4. The largest absolute Gasteiger partial charge is 0.444 e. The van der Waals surface area contributed by atoms with E-state index in [0.29, 0.717) is 36.7 Å². The van der Waals surface area contributed by atoms with Gasteiger partial charge in [-0.1, -0.05) is 6.07 Å². The first-order chi connectivity index (χ1) is 23.0. The number of piperazine rings is 1. The lowest BCUT2D eigenvalue weighted by atomic mass is 10.0. The maximum Gasteiger partial charge on any atom is 0.410 e. The minimum absolute atomic E-state index is 0.0960. The molecule has 2 aromatic heterocycles. The zero-order chi connectivity index (χ0) is 33.6. The van der Waals surface area contributed by atoms with Gasteiger partial charge in [-0.25, -0.2) is 13.6 Å². The molecule has 2 saturated heterocycles. The zero-order valence-electron chi connectivity index (χ0n) is 27.9. The quantitative estimate of drug-likeness (QED) is 0.207. The van der Waals surface area contributed by atoms with Gasteiger partial charge in [0.15, 0.2) is 11.6 Å². The molecule has 3 aromatic carbocycles. The molecule has 0 aliphatic carbocycles. The number of hydrogen-bond acceptors (Lipinski definition) is 7. The van der Waals surface area contributed by atoms with Gasteiger partial charge in [-0.3, -0.25) is 9.78 Å². The van der Waals surface area contributed by atoms with E-state index in [1.807, 2.05) is 39.0 Å². The number of hydrogen-bond donors (Lipinski definition) is 2. The molecule has 2 aliphatic heterocycles. The van der Waals surface area contributed by atoms with E-state index in [9.17, 15) is 13.6 Å². The number of carbonyl (C=O) groups is 1. The van der Waals surface area contributed by atoms with Gasteiger partial charge in [-0.2, -0.15) is 10.2 Å². The van der Waals surface area contributed by atoms with Crippen molar-refractivity contribution in [1.82, 2.24) is 29.8 Å². The number of piperidine rings is 1. The Kier molecular flexibility index (Phi) is 8.44. The summed E-state index contributed by atoms with van der Waals surface area (Å²) in [4.78, 5) is 19.3. The Morgan fingerprint density at radius 3 is 2.33 bits per heavy atom. The summed E-state index contributed by atoms with van der Waals surface area (Å²) < 4.78 is 35.5. The number of halogens is 2. The second-order valence-electron chi connectivity index (χ2n) is 14.0. The first kappa shape index (κ1) is 31.9. The Hall–Kier alpha value is -4.71. The predicted octanol–water partition coefficient (Wildman–Crippen LogP) is 6.85. The van der Waals surface area contributed by atoms with Crippen LogP contribution in [-0.4, -0.2) is 87.8 Å². The summed E-state index contributed by atoms with van der Waals surface area (Å²) in [7, 11) is 2.15. The molecule has 0 spiro atoms. The van der Waals surface area contributed by atoms with Crippen LogP contribution in [0, 0.1) is 11.6 Å². The van der Waals surface area contributed by atoms with E-state index in [1.54, 1.807) is 4.90 Å². The summed E-state index contributed by atoms with van der Waals surface area (Å²) in [6, 6.07) is 16.1. The molecule has 5 aromatic rings. The third-order valence-electron chi connectivity index (χ3n) is 9.22. The number of aromatic amines is 1. The van der Waals surface area contributed by atoms with E-state index in [-0.39, 0.29) is 12.1 Å². The molecule has 2 fully saturated rings. The van der Waals surface area contributed by atoms with Gasteiger partial charge in [0.05, 0.1) is 17.1 Å². The van der Waals surface area contributed by atoms with Crippen LogP contribution in [0.5, 0.6) is 0 Å². The lowest BCUT2D eigenvalue weighted by Crippen LogP contribution is -2.44. The Balaban J connectivity index is 1.19. The van der Waals surface area contributed by atoms with Crippen LogP contribution in [0.2, 0.25) is 0 Å². The molecule has 0 radical (unpaired) electrons. The number of ether oxygens (including phenoxy) is 1. The second-order valence-corrected chi connectivity index (χ2v) is 14.0. The number of rotatable bonds is 6. The Morgan fingerprint density at radius 1 is 0.896 bits per heavy atom. The third-order valence-corrected chi connectivity index (χ3v) is 9.22. The van der Waals surface area contributed by atoms with Crippen molar-refractivity contribution in [3.63, 3.8) is 0 Å². The average molecular weight is 657 g/mol. The van der Waals surface area contributed by atoms with Crippen molar-refractivity contribution < 1.29 is 18.3 Å². The van der Waals surface area contributed by atoms with Crippen LogP contribution in [0.3, 0.4) is 0 Å². The molecule has 48 heavy (non-hydrogen) atoms. The highest BCUT2D eigenvalue weighted by Crippen LogP contribution is 2.36. The Bertz CT molecular complexity index is 1930. The highest BCUT2D eigenvalue weighted by molar-refractivity contribution is 5.98. The fourth-order valence-electron chi connectivity index (χ4n) is 6.70. The molecule has 2 N–H and O–H groups in total. The van der Waals surface area contributed by atoms with E-state index in [4.69, 9.17) is 9.84 Å². The van der Waals surface area contributed by atoms with Gasteiger partial charge in [-0.15, -0.1) is 0 Å². The van der Waals surface area contributed by atoms with Crippen molar-refractivity contribution in [2.45, 2.75) is 51.7 Å². The molecule has 0 unspecified atom stereocenters. The van der Waals surface area contributed by atoms with Gasteiger partial charge >= 0.3 is 6.09 Å². The smallest absolute Gasteiger partial charge is 0.410 e. The lowest BCUT2D eigenvalue weighted by Gasteiger charge is -2.34. The summed E-state index contributed by atoms with van der Waals surface area (Å²) in [5, 5.41) is 18.1. The van der Waals surface area contributed by atoms with Crippen LogP contribution in [0.1, 0.15) is 50.8 Å². The number of amides is 1. The predicted molar refractivity (Wildman–Crippen MR) is 184 cm³/mol. The molecule has 252 valence electrons. The molecule has 0 saturated carbocycles. The SMILES string of the molecule is CN1CCN(c2ccc3c(Nc4n[nH]c5ccc(Cc6cc(F)cc(F)c6)cc45)nn(C4CCN(C(=O)OC(C)(C)C)CC4)c3c2)CC1. The van der Waals surface area contributed by atoms with Crippen molar-refractivity contribution in [3.05, 3.63) is 77.4 Å². The van der Waals surface area contributed by atoms with Gasteiger partial charge in [0.25, 0.3) is 0 Å². The van der Waals surface area contributed by atoms with Crippen LogP contribution in [0.4, 0.5) is 30.9 Å². The number of H-pyrrole nitrogens is 1. The molecule has 12 heteroatoms. The third kappa shape index (κ3) is 6.80. The highest BCUT2D eigenvalue weighted by atomic mass is 19.1. The first-order valence-electron chi connectivity index (χ1n) is 16.6. The van der Waals surface area contributed by atoms with E-state index < -0.39 is 17.2 Å². The molecule has 10 nitrogen and oxygen atoms in total. The van der Waals surface area contributed by atoms with Gasteiger partial charge < -0.3 is 24.8 Å². The van der Waals surface area contributed by atoms with Crippen LogP contribution >= 0.6 is 0 Å². The Labute approximate surface area is 278 Å². The lowest BCUT2D eigenvalue weighted by molar-refractivity contribution is 0.0186.